The molecule has 90 valence electrons. The van der Waals surface area contributed by atoms with Gasteiger partial charge in [-0.2, -0.15) is 5.10 Å². The van der Waals surface area contributed by atoms with E-state index >= 15 is 0 Å². The van der Waals surface area contributed by atoms with Gasteiger partial charge in [-0.05, 0) is 14.0 Å². The second kappa shape index (κ2) is 4.92. The topological polar surface area (TPSA) is 64.9 Å². The van der Waals surface area contributed by atoms with E-state index in [4.69, 9.17) is 4.74 Å². The molecule has 0 aliphatic heterocycles. The summed E-state index contributed by atoms with van der Waals surface area (Å²) in [7, 11) is 3.69. The first kappa shape index (κ1) is 11.5. The van der Waals surface area contributed by atoms with E-state index in [1.807, 2.05) is 27.1 Å². The Morgan fingerprint density at radius 2 is 2.24 bits per heavy atom. The Morgan fingerprint density at radius 1 is 1.41 bits per heavy atom. The highest BCUT2D eigenvalue weighted by molar-refractivity contribution is 5.20. The maximum absolute atomic E-state index is 5.62. The molecular formula is C11H15N5O. The normalized spacial score (nSPS) is 10.5. The maximum Gasteiger partial charge on any atom is 0.240 e. The van der Waals surface area contributed by atoms with E-state index in [9.17, 15) is 0 Å². The van der Waals surface area contributed by atoms with Gasteiger partial charge in [-0.1, -0.05) is 0 Å². The average Bonchev–Trinajstić information content (AvgIpc) is 2.58. The Labute approximate surface area is 99.7 Å². The fraction of sp³-hybridized carbons (Fsp3) is 0.364. The molecule has 0 aromatic carbocycles. The molecule has 0 atom stereocenters. The molecule has 0 unspecified atom stereocenters. The van der Waals surface area contributed by atoms with Crippen LogP contribution in [0.4, 0.5) is 0 Å². The van der Waals surface area contributed by atoms with E-state index in [-0.39, 0.29) is 0 Å². The number of hydrogen-bond acceptors (Lipinski definition) is 5. The van der Waals surface area contributed by atoms with Gasteiger partial charge in [-0.25, -0.2) is 9.67 Å². The minimum absolute atomic E-state index is 0.473. The molecule has 0 saturated heterocycles. The summed E-state index contributed by atoms with van der Waals surface area (Å²) in [5.41, 5.74) is 1.74. The summed E-state index contributed by atoms with van der Waals surface area (Å²) in [5.74, 6) is 1.12. The highest BCUT2D eigenvalue weighted by atomic mass is 16.5. The molecule has 0 bridgehead atoms. The lowest BCUT2D eigenvalue weighted by Gasteiger charge is -2.05. The van der Waals surface area contributed by atoms with Gasteiger partial charge in [0.25, 0.3) is 0 Å². The summed E-state index contributed by atoms with van der Waals surface area (Å²) in [6.45, 7) is 2.57. The zero-order valence-corrected chi connectivity index (χ0v) is 10.1. The summed E-state index contributed by atoms with van der Waals surface area (Å²) in [4.78, 5) is 8.40. The summed E-state index contributed by atoms with van der Waals surface area (Å²) >= 11 is 0. The molecule has 0 aliphatic rings. The molecule has 0 aliphatic carbocycles. The highest BCUT2D eigenvalue weighted by Crippen LogP contribution is 2.18. The lowest BCUT2D eigenvalue weighted by Crippen LogP contribution is -2.08. The summed E-state index contributed by atoms with van der Waals surface area (Å²) < 4.78 is 7.28. The van der Waals surface area contributed by atoms with E-state index in [0.717, 1.165) is 11.4 Å². The first-order valence-electron chi connectivity index (χ1n) is 5.33. The predicted octanol–water partition coefficient (Wildman–Crippen LogP) is 1.03. The predicted molar refractivity (Wildman–Crippen MR) is 62.8 cm³/mol. The Balaban J connectivity index is 2.18. The molecule has 0 spiro atoms. The van der Waals surface area contributed by atoms with Gasteiger partial charge in [0.1, 0.15) is 0 Å². The maximum atomic E-state index is 5.62. The van der Waals surface area contributed by atoms with Gasteiger partial charge in [0.05, 0.1) is 17.6 Å². The molecule has 0 saturated carbocycles. The fourth-order valence-corrected chi connectivity index (χ4v) is 1.49. The van der Waals surface area contributed by atoms with Gasteiger partial charge in [-0.15, -0.1) is 0 Å². The van der Waals surface area contributed by atoms with Gasteiger partial charge in [0.2, 0.25) is 11.8 Å². The molecule has 2 rings (SSSR count). The van der Waals surface area contributed by atoms with Gasteiger partial charge < -0.3 is 10.1 Å². The lowest BCUT2D eigenvalue weighted by atomic mass is 10.4. The molecule has 6 heteroatoms. The molecule has 0 fully saturated rings. The quantitative estimate of drug-likeness (QED) is 0.854. The van der Waals surface area contributed by atoms with Crippen LogP contribution in [0, 0.1) is 6.92 Å². The van der Waals surface area contributed by atoms with E-state index in [0.29, 0.717) is 18.3 Å². The van der Waals surface area contributed by atoms with Crippen molar-refractivity contribution in [3.63, 3.8) is 0 Å². The van der Waals surface area contributed by atoms with Crippen LogP contribution in [0.15, 0.2) is 18.5 Å². The first-order chi connectivity index (χ1) is 8.19. The molecule has 0 amide bonds. The Kier molecular flexibility index (Phi) is 3.34. The van der Waals surface area contributed by atoms with Crippen molar-refractivity contribution in [3.05, 3.63) is 29.8 Å². The van der Waals surface area contributed by atoms with Crippen molar-refractivity contribution in [3.8, 4) is 11.8 Å². The van der Waals surface area contributed by atoms with Crippen LogP contribution in [-0.2, 0) is 13.6 Å². The standard InChI is InChI=1S/C11H15N5O/c1-8-4-11(16(3)15-8)17-10-7-13-6-9(14-10)5-12-2/h4,6-7,12H,5H2,1-3H3. The van der Waals surface area contributed by atoms with Crippen LogP contribution < -0.4 is 10.1 Å². The van der Waals surface area contributed by atoms with Crippen molar-refractivity contribution in [1.29, 1.82) is 0 Å². The van der Waals surface area contributed by atoms with Crippen molar-refractivity contribution in [2.24, 2.45) is 7.05 Å². The number of hydrogen-bond donors (Lipinski definition) is 1. The van der Waals surface area contributed by atoms with Gasteiger partial charge in [0.15, 0.2) is 0 Å². The lowest BCUT2D eigenvalue weighted by molar-refractivity contribution is 0.411. The molecule has 6 nitrogen and oxygen atoms in total. The van der Waals surface area contributed by atoms with E-state index in [1.165, 1.54) is 0 Å². The minimum atomic E-state index is 0.473. The zero-order chi connectivity index (χ0) is 12.3. The molecule has 2 aromatic rings. The van der Waals surface area contributed by atoms with Gasteiger partial charge in [-0.3, -0.25) is 4.98 Å². The third-order valence-electron chi connectivity index (χ3n) is 2.19. The summed E-state index contributed by atoms with van der Waals surface area (Å²) in [5, 5.41) is 7.21. The molecule has 2 heterocycles. The highest BCUT2D eigenvalue weighted by Gasteiger charge is 2.06. The van der Waals surface area contributed by atoms with Crippen molar-refractivity contribution in [2.45, 2.75) is 13.5 Å². The van der Waals surface area contributed by atoms with Crippen molar-refractivity contribution < 1.29 is 4.74 Å². The molecule has 0 radical (unpaired) electrons. The van der Waals surface area contributed by atoms with Crippen LogP contribution in [0.2, 0.25) is 0 Å². The van der Waals surface area contributed by atoms with Crippen molar-refractivity contribution in [2.75, 3.05) is 7.05 Å². The number of nitrogens with zero attached hydrogens (tertiary/aromatic N) is 4. The Bertz CT molecular complexity index is 508. The molecule has 17 heavy (non-hydrogen) atoms. The van der Waals surface area contributed by atoms with E-state index in [1.54, 1.807) is 17.1 Å². The van der Waals surface area contributed by atoms with Crippen LogP contribution in [0.25, 0.3) is 0 Å². The summed E-state index contributed by atoms with van der Waals surface area (Å²) in [6, 6.07) is 1.85. The van der Waals surface area contributed by atoms with Crippen LogP contribution in [0.5, 0.6) is 11.8 Å². The van der Waals surface area contributed by atoms with Crippen molar-refractivity contribution in [1.82, 2.24) is 25.1 Å². The second-order valence-electron chi connectivity index (χ2n) is 3.73. The molecule has 1 N–H and O–H groups in total. The third kappa shape index (κ3) is 2.79. The Morgan fingerprint density at radius 3 is 2.88 bits per heavy atom. The monoisotopic (exact) mass is 233 g/mol. The number of aryl methyl sites for hydroxylation is 2. The van der Waals surface area contributed by atoms with E-state index < -0.39 is 0 Å². The SMILES string of the molecule is CNCc1cncc(Oc2cc(C)nn2C)n1. The average molecular weight is 233 g/mol. The number of aromatic nitrogens is 4. The van der Waals surface area contributed by atoms with Gasteiger partial charge >= 0.3 is 0 Å². The number of ether oxygens (including phenoxy) is 1. The molecular weight excluding hydrogens is 218 g/mol. The van der Waals surface area contributed by atoms with Crippen molar-refractivity contribution >= 4 is 0 Å². The third-order valence-corrected chi connectivity index (χ3v) is 2.19. The largest absolute Gasteiger partial charge is 0.419 e. The summed E-state index contributed by atoms with van der Waals surface area (Å²) in [6.07, 6.45) is 3.29. The van der Waals surface area contributed by atoms with Crippen LogP contribution in [0.1, 0.15) is 11.4 Å². The van der Waals surface area contributed by atoms with Crippen LogP contribution >= 0.6 is 0 Å². The number of rotatable bonds is 4. The van der Waals surface area contributed by atoms with Crippen LogP contribution in [-0.4, -0.2) is 26.8 Å². The fourth-order valence-electron chi connectivity index (χ4n) is 1.49. The second-order valence-corrected chi connectivity index (χ2v) is 3.73. The first-order valence-corrected chi connectivity index (χ1v) is 5.33. The minimum Gasteiger partial charge on any atom is -0.419 e. The van der Waals surface area contributed by atoms with Gasteiger partial charge in [0, 0.05) is 25.9 Å². The molecule has 2 aromatic heterocycles. The van der Waals surface area contributed by atoms with E-state index in [2.05, 4.69) is 20.4 Å². The number of nitrogens with one attached hydrogen (secondary N) is 1. The van der Waals surface area contributed by atoms with Crippen LogP contribution in [0.3, 0.4) is 0 Å². The Hall–Kier alpha value is -1.95. The smallest absolute Gasteiger partial charge is 0.240 e. The zero-order valence-electron chi connectivity index (χ0n) is 10.1.